The van der Waals surface area contributed by atoms with Crippen LogP contribution in [0.5, 0.6) is 0 Å². The molecule has 4 nitrogen and oxygen atoms in total. The number of ether oxygens (including phenoxy) is 4. The van der Waals surface area contributed by atoms with E-state index in [0.717, 1.165) is 12.8 Å². The van der Waals surface area contributed by atoms with E-state index >= 15 is 0 Å². The lowest BCUT2D eigenvalue weighted by molar-refractivity contribution is -0.115. The SMILES string of the molecule is CCC(OC)C1(OC)OC12OC2CC. The summed E-state index contributed by atoms with van der Waals surface area (Å²) in [5.41, 5.74) is 0. The lowest BCUT2D eigenvalue weighted by atomic mass is 10.1. The number of methoxy groups -OCH3 is 2. The summed E-state index contributed by atoms with van der Waals surface area (Å²) < 4.78 is 21.9. The molecule has 2 saturated heterocycles. The summed E-state index contributed by atoms with van der Waals surface area (Å²) in [7, 11) is 3.32. The maximum absolute atomic E-state index is 5.63. The minimum absolute atomic E-state index is 0.0518. The fraction of sp³-hybridized carbons (Fsp3) is 1.00. The standard InChI is InChI=1S/C10H18O4/c1-5-7(11-3)9(12-4)10(14-9)8(6-2)13-10/h7-8H,5-6H2,1-4H3. The zero-order valence-corrected chi connectivity index (χ0v) is 9.20. The Morgan fingerprint density at radius 1 is 1.36 bits per heavy atom. The third kappa shape index (κ3) is 1.03. The van der Waals surface area contributed by atoms with Gasteiger partial charge >= 0.3 is 0 Å². The van der Waals surface area contributed by atoms with Crippen LogP contribution in [0.1, 0.15) is 26.7 Å². The molecule has 0 aromatic carbocycles. The molecule has 2 fully saturated rings. The predicted molar refractivity (Wildman–Crippen MR) is 49.8 cm³/mol. The van der Waals surface area contributed by atoms with Crippen LogP contribution in [-0.4, -0.2) is 38.0 Å². The number of rotatable bonds is 5. The van der Waals surface area contributed by atoms with E-state index in [-0.39, 0.29) is 12.2 Å². The van der Waals surface area contributed by atoms with Crippen molar-refractivity contribution in [3.63, 3.8) is 0 Å². The molecule has 0 aromatic rings. The van der Waals surface area contributed by atoms with Gasteiger partial charge in [-0.15, -0.1) is 0 Å². The first-order valence-electron chi connectivity index (χ1n) is 5.16. The highest BCUT2D eigenvalue weighted by Crippen LogP contribution is 2.66. The van der Waals surface area contributed by atoms with Crippen molar-refractivity contribution in [1.82, 2.24) is 0 Å². The molecule has 4 unspecified atom stereocenters. The minimum atomic E-state index is -0.656. The highest BCUT2D eigenvalue weighted by atomic mass is 17.0. The minimum Gasteiger partial charge on any atom is -0.376 e. The van der Waals surface area contributed by atoms with Crippen molar-refractivity contribution in [1.29, 1.82) is 0 Å². The van der Waals surface area contributed by atoms with Gasteiger partial charge in [0.2, 0.25) is 0 Å². The molecule has 2 rings (SSSR count). The molecular formula is C10H18O4. The summed E-state index contributed by atoms with van der Waals surface area (Å²) in [5.74, 6) is -1.15. The molecule has 4 heteroatoms. The summed E-state index contributed by atoms with van der Waals surface area (Å²) in [4.78, 5) is 0. The molecule has 14 heavy (non-hydrogen) atoms. The van der Waals surface area contributed by atoms with Gasteiger partial charge < -0.3 is 18.9 Å². The summed E-state index contributed by atoms with van der Waals surface area (Å²) in [6.45, 7) is 4.13. The Bertz CT molecular complexity index is 228. The van der Waals surface area contributed by atoms with Crippen molar-refractivity contribution in [3.8, 4) is 0 Å². The molecule has 0 aliphatic carbocycles. The normalized spacial score (nSPS) is 46.7. The summed E-state index contributed by atoms with van der Waals surface area (Å²) in [5, 5.41) is 0. The molecule has 0 saturated carbocycles. The van der Waals surface area contributed by atoms with Gasteiger partial charge in [0.1, 0.15) is 12.2 Å². The molecule has 2 aliphatic rings. The number of epoxide rings is 2. The van der Waals surface area contributed by atoms with E-state index in [1.165, 1.54) is 0 Å². The van der Waals surface area contributed by atoms with Crippen LogP contribution in [-0.2, 0) is 18.9 Å². The summed E-state index contributed by atoms with van der Waals surface area (Å²) >= 11 is 0. The van der Waals surface area contributed by atoms with Crippen LogP contribution in [0.3, 0.4) is 0 Å². The lowest BCUT2D eigenvalue weighted by Crippen LogP contribution is -2.37. The van der Waals surface area contributed by atoms with Crippen molar-refractivity contribution in [2.24, 2.45) is 0 Å². The highest BCUT2D eigenvalue weighted by molar-refractivity contribution is 5.20. The van der Waals surface area contributed by atoms with Crippen LogP contribution in [0, 0.1) is 0 Å². The molecule has 0 aromatic heterocycles. The van der Waals surface area contributed by atoms with Gasteiger partial charge in [-0.1, -0.05) is 13.8 Å². The second-order valence-electron chi connectivity index (χ2n) is 3.79. The van der Waals surface area contributed by atoms with E-state index in [0.29, 0.717) is 0 Å². The van der Waals surface area contributed by atoms with Crippen LogP contribution in [0.2, 0.25) is 0 Å². The molecule has 4 atom stereocenters. The first-order valence-corrected chi connectivity index (χ1v) is 5.16. The first kappa shape index (κ1) is 10.4. The molecule has 2 heterocycles. The third-order valence-corrected chi connectivity index (χ3v) is 3.18. The van der Waals surface area contributed by atoms with E-state index in [9.17, 15) is 0 Å². The van der Waals surface area contributed by atoms with Gasteiger partial charge in [-0.3, -0.25) is 0 Å². The van der Waals surface area contributed by atoms with Crippen LogP contribution in [0.25, 0.3) is 0 Å². The summed E-state index contributed by atoms with van der Waals surface area (Å²) in [6, 6.07) is 0. The predicted octanol–water partition coefficient (Wildman–Crippen LogP) is 1.29. The smallest absolute Gasteiger partial charge is 0.257 e. The fourth-order valence-corrected chi connectivity index (χ4v) is 2.32. The van der Waals surface area contributed by atoms with E-state index in [1.807, 2.05) is 6.92 Å². The van der Waals surface area contributed by atoms with Crippen LogP contribution in [0.15, 0.2) is 0 Å². The van der Waals surface area contributed by atoms with Crippen LogP contribution in [0.4, 0.5) is 0 Å². The van der Waals surface area contributed by atoms with Crippen molar-refractivity contribution in [2.75, 3.05) is 14.2 Å². The molecule has 2 aliphatic heterocycles. The molecule has 1 spiro atoms. The van der Waals surface area contributed by atoms with Gasteiger partial charge in [-0.05, 0) is 12.8 Å². The third-order valence-electron chi connectivity index (χ3n) is 3.18. The average Bonchev–Trinajstić information content (AvgIpc) is 3.08. The van der Waals surface area contributed by atoms with Gasteiger partial charge in [-0.25, -0.2) is 0 Å². The van der Waals surface area contributed by atoms with Crippen molar-refractivity contribution in [2.45, 2.75) is 50.5 Å². The number of hydrogen-bond acceptors (Lipinski definition) is 4. The molecule has 0 N–H and O–H groups in total. The van der Waals surface area contributed by atoms with Gasteiger partial charge in [0.15, 0.2) is 0 Å². The fourth-order valence-electron chi connectivity index (χ4n) is 2.32. The van der Waals surface area contributed by atoms with Gasteiger partial charge in [-0.2, -0.15) is 0 Å². The zero-order chi connectivity index (χ0) is 10.4. The Morgan fingerprint density at radius 3 is 2.43 bits per heavy atom. The molecule has 0 bridgehead atoms. The maximum atomic E-state index is 5.63. The van der Waals surface area contributed by atoms with Crippen molar-refractivity contribution in [3.05, 3.63) is 0 Å². The Hall–Kier alpha value is -0.160. The Morgan fingerprint density at radius 2 is 2.07 bits per heavy atom. The van der Waals surface area contributed by atoms with E-state index in [4.69, 9.17) is 18.9 Å². The van der Waals surface area contributed by atoms with Gasteiger partial charge in [0.25, 0.3) is 11.6 Å². The summed E-state index contributed by atoms with van der Waals surface area (Å²) in [6.07, 6.45) is 1.92. The average molecular weight is 202 g/mol. The molecular weight excluding hydrogens is 184 g/mol. The second-order valence-corrected chi connectivity index (χ2v) is 3.79. The topological polar surface area (TPSA) is 43.5 Å². The zero-order valence-electron chi connectivity index (χ0n) is 9.20. The quantitative estimate of drug-likeness (QED) is 0.630. The van der Waals surface area contributed by atoms with E-state index in [2.05, 4.69) is 6.92 Å². The van der Waals surface area contributed by atoms with Gasteiger partial charge in [0.05, 0.1) is 0 Å². The van der Waals surface area contributed by atoms with Crippen molar-refractivity contribution < 1.29 is 18.9 Å². The van der Waals surface area contributed by atoms with Crippen molar-refractivity contribution >= 4 is 0 Å². The number of hydrogen-bond donors (Lipinski definition) is 0. The van der Waals surface area contributed by atoms with Crippen LogP contribution >= 0.6 is 0 Å². The van der Waals surface area contributed by atoms with E-state index in [1.54, 1.807) is 14.2 Å². The monoisotopic (exact) mass is 202 g/mol. The molecule has 0 amide bonds. The Balaban J connectivity index is 2.08. The van der Waals surface area contributed by atoms with Crippen LogP contribution < -0.4 is 0 Å². The highest BCUT2D eigenvalue weighted by Gasteiger charge is 2.89. The largest absolute Gasteiger partial charge is 0.376 e. The van der Waals surface area contributed by atoms with Gasteiger partial charge in [0, 0.05) is 14.2 Å². The first-order chi connectivity index (χ1) is 6.70. The second kappa shape index (κ2) is 3.17. The maximum Gasteiger partial charge on any atom is 0.257 e. The molecule has 82 valence electrons. The molecule has 0 radical (unpaired) electrons. The lowest BCUT2D eigenvalue weighted by Gasteiger charge is -2.19. The Kier molecular flexibility index (Phi) is 2.34. The van der Waals surface area contributed by atoms with E-state index < -0.39 is 11.6 Å². The Labute approximate surface area is 84.5 Å².